The molecule has 11 rings (SSSR count). The van der Waals surface area contributed by atoms with Crippen LogP contribution in [0.5, 0.6) is 0 Å². The summed E-state index contributed by atoms with van der Waals surface area (Å²) in [6, 6.07) is 61.1. The van der Waals surface area contributed by atoms with Crippen LogP contribution in [0.3, 0.4) is 0 Å². The molecule has 4 heteroatoms. The fourth-order valence-electron chi connectivity index (χ4n) is 9.73. The van der Waals surface area contributed by atoms with Gasteiger partial charge in [0.2, 0.25) is 0 Å². The summed E-state index contributed by atoms with van der Waals surface area (Å²) in [6.07, 6.45) is 0. The molecule has 54 heavy (non-hydrogen) atoms. The molecule has 8 aromatic carbocycles. The van der Waals surface area contributed by atoms with Gasteiger partial charge in [0, 0.05) is 33.4 Å². The van der Waals surface area contributed by atoms with Crippen molar-refractivity contribution in [1.29, 1.82) is 0 Å². The number of hydrogen-bond donors (Lipinski definition) is 0. The summed E-state index contributed by atoms with van der Waals surface area (Å²) >= 11 is 0. The fraction of sp³-hybridized carbons (Fsp3) is 0.0800. The molecule has 0 unspecified atom stereocenters. The van der Waals surface area contributed by atoms with Crippen LogP contribution < -0.4 is 25.6 Å². The van der Waals surface area contributed by atoms with Crippen molar-refractivity contribution >= 4 is 86.7 Å². The van der Waals surface area contributed by atoms with E-state index < -0.39 is 16.1 Å². The quantitative estimate of drug-likeness (QED) is 0.168. The van der Waals surface area contributed by atoms with E-state index in [0.29, 0.717) is 0 Å². The normalized spacial score (nSPS) is 14.6. The molecular formula is C50H39NOSi2. The molecule has 0 saturated heterocycles. The number of fused-ring (bicyclic) bond motifs is 11. The highest BCUT2D eigenvalue weighted by atomic mass is 28.3. The van der Waals surface area contributed by atoms with E-state index in [1.165, 1.54) is 92.7 Å². The first-order valence-corrected chi connectivity index (χ1v) is 25.0. The van der Waals surface area contributed by atoms with Crippen LogP contribution in [0.4, 0.5) is 17.1 Å². The van der Waals surface area contributed by atoms with Crippen molar-refractivity contribution in [2.24, 2.45) is 0 Å². The molecule has 0 saturated carbocycles. The van der Waals surface area contributed by atoms with Gasteiger partial charge in [-0.15, -0.1) is 0 Å². The number of benzene rings is 8. The van der Waals surface area contributed by atoms with E-state index >= 15 is 0 Å². The summed E-state index contributed by atoms with van der Waals surface area (Å²) in [6.45, 7) is 10.1. The molecule has 2 aliphatic heterocycles. The number of anilines is 3. The maximum absolute atomic E-state index is 6.65. The van der Waals surface area contributed by atoms with E-state index in [0.717, 1.165) is 11.2 Å². The molecule has 0 atom stereocenters. The Morgan fingerprint density at radius 2 is 1.17 bits per heavy atom. The first-order chi connectivity index (χ1) is 26.3. The summed E-state index contributed by atoms with van der Waals surface area (Å²) in [4.78, 5) is 2.55. The van der Waals surface area contributed by atoms with Gasteiger partial charge in [0.25, 0.3) is 0 Å². The van der Waals surface area contributed by atoms with Crippen LogP contribution in [0.25, 0.3) is 66.1 Å². The van der Waals surface area contributed by atoms with Crippen LogP contribution in [0.2, 0.25) is 26.2 Å². The van der Waals surface area contributed by atoms with Crippen molar-refractivity contribution in [3.8, 4) is 33.4 Å². The van der Waals surface area contributed by atoms with Gasteiger partial charge >= 0.3 is 0 Å². The molecule has 2 aliphatic rings. The Morgan fingerprint density at radius 1 is 0.444 bits per heavy atom. The van der Waals surface area contributed by atoms with Gasteiger partial charge in [-0.05, 0) is 102 Å². The summed E-state index contributed by atoms with van der Waals surface area (Å²) in [5.74, 6) is 0. The first kappa shape index (κ1) is 31.6. The van der Waals surface area contributed by atoms with Crippen LogP contribution in [0, 0.1) is 0 Å². The first-order valence-electron chi connectivity index (χ1n) is 19.0. The van der Waals surface area contributed by atoms with Crippen LogP contribution in [-0.2, 0) is 0 Å². The highest BCUT2D eigenvalue weighted by Gasteiger charge is 2.42. The Morgan fingerprint density at radius 3 is 2.04 bits per heavy atom. The van der Waals surface area contributed by atoms with Crippen molar-refractivity contribution in [1.82, 2.24) is 0 Å². The Bertz CT molecular complexity index is 3010. The van der Waals surface area contributed by atoms with Crippen molar-refractivity contribution in [3.63, 3.8) is 0 Å². The second-order valence-corrected chi connectivity index (χ2v) is 24.7. The molecule has 258 valence electrons. The van der Waals surface area contributed by atoms with E-state index in [9.17, 15) is 0 Å². The highest BCUT2D eigenvalue weighted by molar-refractivity contribution is 7.05. The van der Waals surface area contributed by atoms with Gasteiger partial charge in [-0.25, -0.2) is 0 Å². The third-order valence-corrected chi connectivity index (χ3v) is 19.5. The minimum absolute atomic E-state index is 0.953. The van der Waals surface area contributed by atoms with E-state index in [-0.39, 0.29) is 0 Å². The standard InChI is InChI=1S/C50H39NOSi2/c1-53(2)46-29-28-40-38-14-7-9-18-44(38)52-49(40)48(46)42-27-26-37(31-47(42)53)51(43-17-11-16-41-39-15-8-10-19-45(39)54(3,4)50(41)43)36-24-22-33(23-25-36)35-21-20-32-12-5-6-13-34(32)30-35/h5-31H,1-4H3. The van der Waals surface area contributed by atoms with Crippen molar-refractivity contribution in [2.45, 2.75) is 26.2 Å². The Balaban J connectivity index is 1.11. The lowest BCUT2D eigenvalue weighted by atomic mass is 10.00. The van der Waals surface area contributed by atoms with E-state index in [1.54, 1.807) is 0 Å². The van der Waals surface area contributed by atoms with Crippen LogP contribution in [0.1, 0.15) is 0 Å². The third kappa shape index (κ3) is 4.38. The molecule has 0 spiro atoms. The van der Waals surface area contributed by atoms with E-state index in [1.807, 2.05) is 0 Å². The molecule has 9 aromatic rings. The molecule has 0 amide bonds. The van der Waals surface area contributed by atoms with Gasteiger partial charge in [-0.2, -0.15) is 0 Å². The van der Waals surface area contributed by atoms with Gasteiger partial charge in [0.15, 0.2) is 0 Å². The molecule has 0 fully saturated rings. The highest BCUT2D eigenvalue weighted by Crippen LogP contribution is 2.43. The average Bonchev–Trinajstić information content (AvgIpc) is 3.78. The molecule has 0 radical (unpaired) electrons. The van der Waals surface area contributed by atoms with Crippen molar-refractivity contribution in [2.75, 3.05) is 4.90 Å². The molecule has 0 bridgehead atoms. The summed E-state index contributed by atoms with van der Waals surface area (Å²) in [7, 11) is -4.12. The Hall–Kier alpha value is -5.95. The summed E-state index contributed by atoms with van der Waals surface area (Å²) < 4.78 is 6.65. The van der Waals surface area contributed by atoms with Crippen LogP contribution in [0.15, 0.2) is 168 Å². The van der Waals surface area contributed by atoms with Crippen molar-refractivity contribution < 1.29 is 4.42 Å². The number of nitrogens with zero attached hydrogens (tertiary/aromatic N) is 1. The minimum Gasteiger partial charge on any atom is -0.455 e. The Labute approximate surface area is 318 Å². The zero-order chi connectivity index (χ0) is 36.3. The maximum atomic E-state index is 6.65. The molecule has 0 N–H and O–H groups in total. The number of hydrogen-bond acceptors (Lipinski definition) is 2. The second-order valence-electron chi connectivity index (χ2n) is 16.1. The molecule has 0 aliphatic carbocycles. The summed E-state index contributed by atoms with van der Waals surface area (Å²) in [5.41, 5.74) is 13.5. The second kappa shape index (κ2) is 11.3. The number of furan rings is 1. The molecular weight excluding hydrogens is 687 g/mol. The minimum atomic E-state index is -2.08. The van der Waals surface area contributed by atoms with Crippen LogP contribution in [-0.4, -0.2) is 16.1 Å². The van der Waals surface area contributed by atoms with Gasteiger partial charge in [0.05, 0.1) is 0 Å². The monoisotopic (exact) mass is 725 g/mol. The van der Waals surface area contributed by atoms with Gasteiger partial charge in [-0.1, -0.05) is 148 Å². The van der Waals surface area contributed by atoms with Gasteiger partial charge < -0.3 is 9.32 Å². The number of rotatable bonds is 4. The molecule has 1 aromatic heterocycles. The van der Waals surface area contributed by atoms with E-state index in [4.69, 9.17) is 4.42 Å². The van der Waals surface area contributed by atoms with Gasteiger partial charge in [-0.3, -0.25) is 0 Å². The van der Waals surface area contributed by atoms with Gasteiger partial charge in [0.1, 0.15) is 27.3 Å². The predicted octanol–water partition coefficient (Wildman–Crippen LogP) is 11.5. The summed E-state index contributed by atoms with van der Waals surface area (Å²) in [5, 5.41) is 10.9. The largest absolute Gasteiger partial charge is 0.455 e. The average molecular weight is 726 g/mol. The lowest BCUT2D eigenvalue weighted by molar-refractivity contribution is 0.670. The third-order valence-electron chi connectivity index (χ3n) is 12.4. The van der Waals surface area contributed by atoms with E-state index in [2.05, 4.69) is 195 Å². The predicted molar refractivity (Wildman–Crippen MR) is 236 cm³/mol. The zero-order valence-corrected chi connectivity index (χ0v) is 32.9. The zero-order valence-electron chi connectivity index (χ0n) is 30.9. The van der Waals surface area contributed by atoms with Crippen LogP contribution >= 0.6 is 0 Å². The fourth-order valence-corrected chi connectivity index (χ4v) is 16.2. The topological polar surface area (TPSA) is 16.4 Å². The molecule has 3 heterocycles. The lowest BCUT2D eigenvalue weighted by Crippen LogP contribution is -2.51. The number of para-hydroxylation sites is 1. The molecule has 2 nitrogen and oxygen atoms in total. The smallest absolute Gasteiger partial charge is 0.143 e. The SMILES string of the molecule is C[Si]1(C)c2cc(N(c3ccc(-c4ccc5ccccc5c4)cc3)c3cccc4c3[Si](C)(C)c3ccccc3-4)ccc2-c2c1ccc1c2oc2ccccc21. The lowest BCUT2D eigenvalue weighted by Gasteiger charge is -2.32. The Kier molecular flexibility index (Phi) is 6.60. The van der Waals surface area contributed by atoms with Crippen molar-refractivity contribution in [3.05, 3.63) is 164 Å². The maximum Gasteiger partial charge on any atom is 0.143 e.